The molecule has 0 aliphatic heterocycles. The highest BCUT2D eigenvalue weighted by Gasteiger charge is 2.21. The van der Waals surface area contributed by atoms with E-state index in [-0.39, 0.29) is 11.8 Å². The Kier molecular flexibility index (Phi) is 8.54. The molecule has 0 bridgehead atoms. The Bertz CT molecular complexity index is 187. The van der Waals surface area contributed by atoms with E-state index in [9.17, 15) is 4.79 Å². The highest BCUT2D eigenvalue weighted by molar-refractivity contribution is 5.82. The normalized spacial score (nSPS) is 13.4. The van der Waals surface area contributed by atoms with Gasteiger partial charge in [-0.15, -0.1) is 0 Å². The zero-order valence-electron chi connectivity index (χ0n) is 11.8. The van der Waals surface area contributed by atoms with E-state index >= 15 is 0 Å². The molecule has 0 saturated heterocycles. The number of ketones is 1. The van der Waals surface area contributed by atoms with Crippen LogP contribution in [0.25, 0.3) is 0 Å². The zero-order valence-corrected chi connectivity index (χ0v) is 11.8. The molecule has 0 spiro atoms. The number of unbranched alkanes of at least 4 members (excludes halogenated alkanes) is 3. The minimum absolute atomic E-state index is 0.177. The summed E-state index contributed by atoms with van der Waals surface area (Å²) in [6.07, 6.45) is 6.09. The van der Waals surface area contributed by atoms with Gasteiger partial charge in [-0.3, -0.25) is 4.79 Å². The maximum Gasteiger partial charge on any atom is 0.139 e. The van der Waals surface area contributed by atoms with E-state index < -0.39 is 0 Å². The lowest BCUT2D eigenvalue weighted by molar-refractivity contribution is -0.126. The Labute approximate surface area is 101 Å². The Balaban J connectivity index is 4.05. The van der Waals surface area contributed by atoms with E-state index in [1.54, 1.807) is 0 Å². The molecular weight excluding hydrogens is 198 g/mol. The fourth-order valence-corrected chi connectivity index (χ4v) is 2.05. The fraction of sp³-hybridized carbons (Fsp3) is 0.929. The summed E-state index contributed by atoms with van der Waals surface area (Å²) in [5, 5.41) is 0. The number of carbonyl (C=O) groups is 1. The van der Waals surface area contributed by atoms with Gasteiger partial charge in [-0.2, -0.15) is 0 Å². The molecule has 0 amide bonds. The van der Waals surface area contributed by atoms with E-state index in [1.807, 2.05) is 27.9 Å². The van der Waals surface area contributed by atoms with Crippen molar-refractivity contribution in [3.63, 3.8) is 0 Å². The van der Waals surface area contributed by atoms with Crippen LogP contribution in [-0.2, 0) is 4.79 Å². The van der Waals surface area contributed by atoms with Crippen LogP contribution < -0.4 is 0 Å². The van der Waals surface area contributed by atoms with Crippen molar-refractivity contribution in [3.8, 4) is 0 Å². The minimum atomic E-state index is 0.177. The van der Waals surface area contributed by atoms with Crippen molar-refractivity contribution < 1.29 is 4.79 Å². The van der Waals surface area contributed by atoms with Gasteiger partial charge in [-0.25, -0.2) is 0 Å². The monoisotopic (exact) mass is 227 g/mol. The molecule has 0 aromatic rings. The summed E-state index contributed by atoms with van der Waals surface area (Å²) in [4.78, 5) is 14.1. The van der Waals surface area contributed by atoms with E-state index in [0.29, 0.717) is 5.78 Å². The molecular formula is C14H29NO. The Morgan fingerprint density at radius 1 is 1.12 bits per heavy atom. The van der Waals surface area contributed by atoms with Crippen molar-refractivity contribution in [2.24, 2.45) is 11.8 Å². The molecule has 0 fully saturated rings. The first-order valence-electron chi connectivity index (χ1n) is 6.67. The molecule has 96 valence electrons. The third-order valence-electron chi connectivity index (χ3n) is 2.96. The Hall–Kier alpha value is -0.370. The number of carbonyl (C=O) groups excluding carboxylic acids is 1. The SMILES string of the molecule is CCCCCCC(CN(C)C)C(=O)C(C)C. The summed E-state index contributed by atoms with van der Waals surface area (Å²) >= 11 is 0. The summed E-state index contributed by atoms with van der Waals surface area (Å²) in [5.41, 5.74) is 0. The smallest absolute Gasteiger partial charge is 0.139 e. The number of hydrogen-bond donors (Lipinski definition) is 0. The largest absolute Gasteiger partial charge is 0.309 e. The van der Waals surface area contributed by atoms with Crippen molar-refractivity contribution in [1.82, 2.24) is 4.90 Å². The van der Waals surface area contributed by atoms with Gasteiger partial charge in [0.1, 0.15) is 5.78 Å². The van der Waals surface area contributed by atoms with Crippen molar-refractivity contribution in [2.75, 3.05) is 20.6 Å². The van der Waals surface area contributed by atoms with Crippen LogP contribution in [0.15, 0.2) is 0 Å². The molecule has 0 rings (SSSR count). The van der Waals surface area contributed by atoms with Gasteiger partial charge in [0.05, 0.1) is 0 Å². The quantitative estimate of drug-likeness (QED) is 0.563. The predicted octanol–water partition coefficient (Wildman–Crippen LogP) is 3.36. The maximum atomic E-state index is 12.0. The van der Waals surface area contributed by atoms with E-state index in [1.165, 1.54) is 25.7 Å². The fourth-order valence-electron chi connectivity index (χ4n) is 2.05. The molecule has 16 heavy (non-hydrogen) atoms. The second kappa shape index (κ2) is 8.74. The molecule has 0 aliphatic carbocycles. The summed E-state index contributed by atoms with van der Waals surface area (Å²) in [6.45, 7) is 7.15. The Morgan fingerprint density at radius 3 is 2.19 bits per heavy atom. The van der Waals surface area contributed by atoms with E-state index in [4.69, 9.17) is 0 Å². The third-order valence-corrected chi connectivity index (χ3v) is 2.96. The number of Topliss-reactive ketones (excluding diaryl/α,β-unsaturated/α-hetero) is 1. The lowest BCUT2D eigenvalue weighted by Crippen LogP contribution is -2.30. The topological polar surface area (TPSA) is 20.3 Å². The van der Waals surface area contributed by atoms with Gasteiger partial charge in [0.2, 0.25) is 0 Å². The molecule has 1 unspecified atom stereocenters. The summed E-state index contributed by atoms with van der Waals surface area (Å²) in [6, 6.07) is 0. The lowest BCUT2D eigenvalue weighted by Gasteiger charge is -2.21. The molecule has 0 aromatic carbocycles. The summed E-state index contributed by atoms with van der Waals surface area (Å²) in [5.74, 6) is 0.855. The van der Waals surface area contributed by atoms with Crippen molar-refractivity contribution in [1.29, 1.82) is 0 Å². The first-order valence-corrected chi connectivity index (χ1v) is 6.67. The molecule has 2 nitrogen and oxygen atoms in total. The number of hydrogen-bond acceptors (Lipinski definition) is 2. The number of nitrogens with zero attached hydrogens (tertiary/aromatic N) is 1. The second-order valence-corrected chi connectivity index (χ2v) is 5.37. The van der Waals surface area contributed by atoms with Crippen LogP contribution in [-0.4, -0.2) is 31.3 Å². The average molecular weight is 227 g/mol. The molecule has 2 heteroatoms. The van der Waals surface area contributed by atoms with Gasteiger partial charge in [-0.05, 0) is 20.5 Å². The van der Waals surface area contributed by atoms with Crippen LogP contribution in [0.4, 0.5) is 0 Å². The maximum absolute atomic E-state index is 12.0. The highest BCUT2D eigenvalue weighted by Crippen LogP contribution is 2.16. The number of rotatable bonds is 9. The van der Waals surface area contributed by atoms with Crippen molar-refractivity contribution >= 4 is 5.78 Å². The van der Waals surface area contributed by atoms with E-state index in [2.05, 4.69) is 11.8 Å². The average Bonchev–Trinajstić information content (AvgIpc) is 2.20. The highest BCUT2D eigenvalue weighted by atomic mass is 16.1. The molecule has 0 N–H and O–H groups in total. The molecule has 0 aromatic heterocycles. The predicted molar refractivity (Wildman–Crippen MR) is 70.6 cm³/mol. The Morgan fingerprint density at radius 2 is 1.75 bits per heavy atom. The third kappa shape index (κ3) is 7.00. The molecule has 0 heterocycles. The van der Waals surface area contributed by atoms with Crippen LogP contribution in [0.3, 0.4) is 0 Å². The standard InChI is InChI=1S/C14H29NO/c1-6-7-8-9-10-13(11-15(4)5)14(16)12(2)3/h12-13H,6-11H2,1-5H3. The second-order valence-electron chi connectivity index (χ2n) is 5.37. The summed E-state index contributed by atoms with van der Waals surface area (Å²) in [7, 11) is 4.10. The van der Waals surface area contributed by atoms with Gasteiger partial charge in [-0.1, -0.05) is 46.5 Å². The van der Waals surface area contributed by atoms with Gasteiger partial charge in [0, 0.05) is 18.4 Å². The van der Waals surface area contributed by atoms with Crippen LogP contribution in [0, 0.1) is 11.8 Å². The molecule has 0 radical (unpaired) electrons. The van der Waals surface area contributed by atoms with Gasteiger partial charge >= 0.3 is 0 Å². The molecule has 0 aliphatic rings. The molecule has 0 saturated carbocycles. The van der Waals surface area contributed by atoms with Crippen molar-refractivity contribution in [3.05, 3.63) is 0 Å². The lowest BCUT2D eigenvalue weighted by atomic mass is 9.90. The van der Waals surface area contributed by atoms with E-state index in [0.717, 1.165) is 13.0 Å². The first kappa shape index (κ1) is 15.6. The van der Waals surface area contributed by atoms with Crippen LogP contribution in [0.1, 0.15) is 52.9 Å². The summed E-state index contributed by atoms with van der Waals surface area (Å²) < 4.78 is 0. The van der Waals surface area contributed by atoms with Gasteiger partial charge < -0.3 is 4.90 Å². The minimum Gasteiger partial charge on any atom is -0.309 e. The zero-order chi connectivity index (χ0) is 12.6. The van der Waals surface area contributed by atoms with Gasteiger partial charge in [0.25, 0.3) is 0 Å². The first-order chi connectivity index (χ1) is 7.49. The van der Waals surface area contributed by atoms with Crippen LogP contribution in [0.2, 0.25) is 0 Å². The van der Waals surface area contributed by atoms with Gasteiger partial charge in [0.15, 0.2) is 0 Å². The molecule has 1 atom stereocenters. The van der Waals surface area contributed by atoms with Crippen LogP contribution in [0.5, 0.6) is 0 Å². The van der Waals surface area contributed by atoms with Crippen LogP contribution >= 0.6 is 0 Å². The van der Waals surface area contributed by atoms with Crippen molar-refractivity contribution in [2.45, 2.75) is 52.9 Å².